The van der Waals surface area contributed by atoms with Crippen LogP contribution in [0, 0.1) is 0 Å². The Kier molecular flexibility index (Phi) is 4.51. The van der Waals surface area contributed by atoms with Crippen molar-refractivity contribution in [1.29, 1.82) is 0 Å². The first-order valence-corrected chi connectivity index (χ1v) is 6.47. The number of pyridine rings is 1. The third-order valence-corrected chi connectivity index (χ3v) is 3.04. The highest BCUT2D eigenvalue weighted by Gasteiger charge is 2.26. The number of amides is 1. The first kappa shape index (κ1) is 14.0. The van der Waals surface area contributed by atoms with Crippen LogP contribution in [0.4, 0.5) is 4.79 Å². The van der Waals surface area contributed by atoms with Gasteiger partial charge in [0.25, 0.3) is 0 Å². The van der Waals surface area contributed by atoms with E-state index < -0.39 is 11.6 Å². The number of aromatic nitrogens is 1. The molecule has 1 heterocycles. The predicted octanol–water partition coefficient (Wildman–Crippen LogP) is 3.26. The molecule has 94 valence electrons. The van der Waals surface area contributed by atoms with Gasteiger partial charge in [-0.15, -0.1) is 0 Å². The van der Waals surface area contributed by atoms with Crippen LogP contribution in [-0.4, -0.2) is 26.6 Å². The van der Waals surface area contributed by atoms with E-state index in [1.165, 1.54) is 4.90 Å². The van der Waals surface area contributed by atoms with Crippen molar-refractivity contribution in [3.63, 3.8) is 0 Å². The minimum absolute atomic E-state index is 0.305. The van der Waals surface area contributed by atoms with Gasteiger partial charge in [-0.2, -0.15) is 0 Å². The molecule has 0 aliphatic heterocycles. The largest absolute Gasteiger partial charge is 0.465 e. The zero-order valence-corrected chi connectivity index (χ0v) is 11.9. The van der Waals surface area contributed by atoms with Gasteiger partial charge in [0.05, 0.1) is 12.2 Å². The fraction of sp³-hybridized carbons (Fsp3) is 0.500. The van der Waals surface area contributed by atoms with Crippen molar-refractivity contribution in [1.82, 2.24) is 9.88 Å². The van der Waals surface area contributed by atoms with E-state index in [0.29, 0.717) is 6.54 Å². The van der Waals surface area contributed by atoms with Crippen LogP contribution >= 0.6 is 15.9 Å². The first-order valence-electron chi connectivity index (χ1n) is 5.35. The van der Waals surface area contributed by atoms with Crippen LogP contribution in [0.3, 0.4) is 0 Å². The topological polar surface area (TPSA) is 53.4 Å². The van der Waals surface area contributed by atoms with Crippen molar-refractivity contribution in [2.24, 2.45) is 0 Å². The molecule has 0 bridgehead atoms. The van der Waals surface area contributed by atoms with Crippen LogP contribution in [0.1, 0.15) is 32.0 Å². The zero-order chi connectivity index (χ0) is 13.1. The van der Waals surface area contributed by atoms with Gasteiger partial charge in [-0.05, 0) is 38.5 Å². The highest BCUT2D eigenvalue weighted by Crippen LogP contribution is 2.17. The molecule has 0 radical (unpaired) electrons. The molecule has 5 heteroatoms. The lowest BCUT2D eigenvalue weighted by Gasteiger charge is -2.32. The molecular formula is C12H17BrN2O2. The molecule has 0 aliphatic carbocycles. The lowest BCUT2D eigenvalue weighted by Crippen LogP contribution is -2.44. The van der Waals surface area contributed by atoms with Crippen LogP contribution in [0.2, 0.25) is 0 Å². The fourth-order valence-corrected chi connectivity index (χ4v) is 1.80. The maximum Gasteiger partial charge on any atom is 0.408 e. The minimum Gasteiger partial charge on any atom is -0.465 e. The second-order valence-electron chi connectivity index (χ2n) is 4.83. The summed E-state index contributed by atoms with van der Waals surface area (Å²) in [4.78, 5) is 16.8. The van der Waals surface area contributed by atoms with Gasteiger partial charge in [0.2, 0.25) is 0 Å². The Hall–Kier alpha value is -1.10. The molecule has 0 saturated heterocycles. The predicted molar refractivity (Wildman–Crippen MR) is 70.2 cm³/mol. The van der Waals surface area contributed by atoms with Crippen molar-refractivity contribution < 1.29 is 9.90 Å². The standard InChI is InChI=1S/C12H17BrN2O2/c1-12(2,3)15(11(16)17)8-10-6-9(7-13)4-5-14-10/h4-6H,7-8H2,1-3H3,(H,16,17). The van der Waals surface area contributed by atoms with Crippen molar-refractivity contribution in [2.75, 3.05) is 0 Å². The van der Waals surface area contributed by atoms with E-state index in [9.17, 15) is 9.90 Å². The van der Waals surface area contributed by atoms with Gasteiger partial charge in [0.15, 0.2) is 0 Å². The van der Waals surface area contributed by atoms with Crippen LogP contribution in [0.25, 0.3) is 0 Å². The molecule has 0 saturated carbocycles. The maximum atomic E-state index is 11.2. The molecule has 0 unspecified atom stereocenters. The van der Waals surface area contributed by atoms with Gasteiger partial charge in [-0.3, -0.25) is 9.88 Å². The average molecular weight is 301 g/mol. The molecule has 1 aromatic heterocycles. The second kappa shape index (κ2) is 5.49. The molecule has 0 aromatic carbocycles. The first-order chi connectivity index (χ1) is 7.84. The summed E-state index contributed by atoms with van der Waals surface area (Å²) in [5.41, 5.74) is 1.42. The van der Waals surface area contributed by atoms with E-state index in [0.717, 1.165) is 16.6 Å². The Morgan fingerprint density at radius 3 is 2.65 bits per heavy atom. The maximum absolute atomic E-state index is 11.2. The number of nitrogens with zero attached hydrogens (tertiary/aromatic N) is 2. The number of carbonyl (C=O) groups is 1. The van der Waals surface area contributed by atoms with E-state index in [1.807, 2.05) is 32.9 Å². The number of hydrogen-bond donors (Lipinski definition) is 1. The van der Waals surface area contributed by atoms with Crippen molar-refractivity contribution >= 4 is 22.0 Å². The molecule has 0 spiro atoms. The summed E-state index contributed by atoms with van der Waals surface area (Å²) in [5, 5.41) is 9.93. The number of rotatable bonds is 3. The molecule has 1 N–H and O–H groups in total. The van der Waals surface area contributed by atoms with Crippen LogP contribution in [0.5, 0.6) is 0 Å². The summed E-state index contributed by atoms with van der Waals surface area (Å²) in [6.07, 6.45) is 0.776. The fourth-order valence-electron chi connectivity index (χ4n) is 1.45. The van der Waals surface area contributed by atoms with Crippen LogP contribution < -0.4 is 0 Å². The quantitative estimate of drug-likeness (QED) is 0.872. The van der Waals surface area contributed by atoms with E-state index in [-0.39, 0.29) is 0 Å². The lowest BCUT2D eigenvalue weighted by molar-refractivity contribution is 0.0947. The van der Waals surface area contributed by atoms with Gasteiger partial charge in [0, 0.05) is 17.1 Å². The summed E-state index contributed by atoms with van der Waals surface area (Å²) >= 11 is 3.37. The highest BCUT2D eigenvalue weighted by molar-refractivity contribution is 9.08. The minimum atomic E-state index is -0.927. The van der Waals surface area contributed by atoms with Gasteiger partial charge in [-0.25, -0.2) is 4.79 Å². The Bertz CT molecular complexity index is 402. The monoisotopic (exact) mass is 300 g/mol. The van der Waals surface area contributed by atoms with Crippen molar-refractivity contribution in [2.45, 2.75) is 38.2 Å². The summed E-state index contributed by atoms with van der Waals surface area (Å²) < 4.78 is 0. The average Bonchev–Trinajstić information content (AvgIpc) is 2.24. The molecule has 4 nitrogen and oxygen atoms in total. The van der Waals surface area contributed by atoms with Gasteiger partial charge in [0.1, 0.15) is 0 Å². The highest BCUT2D eigenvalue weighted by atomic mass is 79.9. The Morgan fingerprint density at radius 2 is 2.18 bits per heavy atom. The van der Waals surface area contributed by atoms with Crippen LogP contribution in [-0.2, 0) is 11.9 Å². The number of hydrogen-bond acceptors (Lipinski definition) is 2. The molecule has 0 atom stereocenters. The normalized spacial score (nSPS) is 11.3. The van der Waals surface area contributed by atoms with E-state index >= 15 is 0 Å². The summed E-state index contributed by atoms with van der Waals surface area (Å²) in [7, 11) is 0. The summed E-state index contributed by atoms with van der Waals surface area (Å²) in [6.45, 7) is 5.92. The van der Waals surface area contributed by atoms with Crippen molar-refractivity contribution in [3.8, 4) is 0 Å². The number of alkyl halides is 1. The lowest BCUT2D eigenvalue weighted by atomic mass is 10.1. The van der Waals surface area contributed by atoms with Gasteiger partial charge in [-0.1, -0.05) is 15.9 Å². The molecule has 1 amide bonds. The van der Waals surface area contributed by atoms with Gasteiger partial charge < -0.3 is 5.11 Å². The zero-order valence-electron chi connectivity index (χ0n) is 10.3. The molecule has 1 aromatic rings. The molecule has 0 fully saturated rings. The smallest absolute Gasteiger partial charge is 0.408 e. The summed E-state index contributed by atoms with van der Waals surface area (Å²) in [6, 6.07) is 3.82. The van der Waals surface area contributed by atoms with E-state index in [4.69, 9.17) is 0 Å². The van der Waals surface area contributed by atoms with E-state index in [1.54, 1.807) is 6.20 Å². The second-order valence-corrected chi connectivity index (χ2v) is 5.39. The number of carboxylic acid groups (broad SMARTS) is 1. The van der Waals surface area contributed by atoms with Crippen molar-refractivity contribution in [3.05, 3.63) is 29.6 Å². The Labute approximate surface area is 110 Å². The third kappa shape index (κ3) is 4.00. The van der Waals surface area contributed by atoms with Gasteiger partial charge >= 0.3 is 6.09 Å². The molecular weight excluding hydrogens is 284 g/mol. The third-order valence-electron chi connectivity index (χ3n) is 2.40. The van der Waals surface area contributed by atoms with E-state index in [2.05, 4.69) is 20.9 Å². The Balaban J connectivity index is 2.90. The summed E-state index contributed by atoms with van der Waals surface area (Å²) in [5.74, 6) is 0. The molecule has 17 heavy (non-hydrogen) atoms. The SMILES string of the molecule is CC(C)(C)N(Cc1cc(CBr)ccn1)C(=O)O. The number of halogens is 1. The Morgan fingerprint density at radius 1 is 1.53 bits per heavy atom. The molecule has 1 rings (SSSR count). The molecule has 0 aliphatic rings. The van der Waals surface area contributed by atoms with Crippen LogP contribution in [0.15, 0.2) is 18.3 Å².